The molecule has 1 aliphatic rings. The second-order valence-corrected chi connectivity index (χ2v) is 5.38. The Morgan fingerprint density at radius 2 is 2.18 bits per heavy atom. The van der Waals surface area contributed by atoms with Crippen LogP contribution in [0.3, 0.4) is 0 Å². The van der Waals surface area contributed by atoms with E-state index in [4.69, 9.17) is 5.73 Å². The molecule has 4 N–H and O–H groups in total. The minimum absolute atomic E-state index is 0.248. The minimum atomic E-state index is -1.14. The predicted octanol–water partition coefficient (Wildman–Crippen LogP) is -0.680. The number of aliphatic hydroxyl groups is 2. The molecular formula is C9H12FN3O3S. The maximum atomic E-state index is 13.2. The second-order valence-electron chi connectivity index (χ2n) is 3.88. The molecule has 0 spiro atoms. The zero-order valence-electron chi connectivity index (χ0n) is 8.95. The number of anilines is 1. The summed E-state index contributed by atoms with van der Waals surface area (Å²) in [7, 11) is 0. The summed E-state index contributed by atoms with van der Waals surface area (Å²) in [6.45, 7) is 1.71. The monoisotopic (exact) mass is 261 g/mol. The molecule has 1 aliphatic heterocycles. The zero-order chi connectivity index (χ0) is 12.7. The van der Waals surface area contributed by atoms with Crippen molar-refractivity contribution >= 4 is 17.6 Å². The van der Waals surface area contributed by atoms with Crippen molar-refractivity contribution in [1.82, 2.24) is 9.55 Å². The maximum Gasteiger partial charge on any atom is 0.350 e. The smallest absolute Gasteiger partial charge is 0.350 e. The molecule has 1 aromatic rings. The lowest BCUT2D eigenvalue weighted by atomic mass is 10.1. The number of rotatable bonds is 1. The van der Waals surface area contributed by atoms with E-state index in [1.54, 1.807) is 6.92 Å². The highest BCUT2D eigenvalue weighted by atomic mass is 32.2. The van der Waals surface area contributed by atoms with Crippen LogP contribution < -0.4 is 11.4 Å². The number of halogens is 1. The van der Waals surface area contributed by atoms with Crippen molar-refractivity contribution in [2.45, 2.75) is 29.8 Å². The third-order valence-corrected chi connectivity index (χ3v) is 4.18. The summed E-state index contributed by atoms with van der Waals surface area (Å²) in [6, 6.07) is 0. The van der Waals surface area contributed by atoms with Crippen molar-refractivity contribution in [2.24, 2.45) is 0 Å². The largest absolute Gasteiger partial charge is 0.389 e. The Labute approximate surface area is 100 Å². The van der Waals surface area contributed by atoms with E-state index in [1.807, 2.05) is 0 Å². The molecule has 1 aromatic heterocycles. The second kappa shape index (κ2) is 4.28. The number of hydrogen-bond acceptors (Lipinski definition) is 6. The van der Waals surface area contributed by atoms with Gasteiger partial charge in [0.05, 0.1) is 6.10 Å². The molecule has 0 amide bonds. The van der Waals surface area contributed by atoms with Crippen LogP contribution in [-0.2, 0) is 0 Å². The van der Waals surface area contributed by atoms with Crippen molar-refractivity contribution in [2.75, 3.05) is 5.73 Å². The van der Waals surface area contributed by atoms with Gasteiger partial charge < -0.3 is 15.9 Å². The van der Waals surface area contributed by atoms with Gasteiger partial charge in [-0.3, -0.25) is 4.57 Å². The minimum Gasteiger partial charge on any atom is -0.389 e. The van der Waals surface area contributed by atoms with E-state index < -0.39 is 34.9 Å². The first-order valence-corrected chi connectivity index (χ1v) is 5.92. The van der Waals surface area contributed by atoms with Crippen LogP contribution in [0.15, 0.2) is 11.0 Å². The molecule has 6 nitrogen and oxygen atoms in total. The fourth-order valence-corrected chi connectivity index (χ4v) is 3.06. The standard InChI is InChI=1S/C9H12FN3O3S/c1-3-5(14)6(15)8(17-3)13-2-4(10)7(11)12-9(13)16/h2-3,5-6,8,14-15H,1H3,(H2,11,12,16)/t3-,5+,6+,8-/m0/s1. The Hall–Kier alpha value is -1.12. The van der Waals surface area contributed by atoms with E-state index in [0.717, 1.165) is 10.8 Å². The lowest BCUT2D eigenvalue weighted by Gasteiger charge is -2.17. The zero-order valence-corrected chi connectivity index (χ0v) is 9.76. The summed E-state index contributed by atoms with van der Waals surface area (Å²) >= 11 is 1.18. The molecule has 0 saturated carbocycles. The third-order valence-electron chi connectivity index (χ3n) is 2.69. The molecule has 0 unspecified atom stereocenters. The van der Waals surface area contributed by atoms with Crippen molar-refractivity contribution in [3.8, 4) is 0 Å². The molecule has 0 radical (unpaired) electrons. The van der Waals surface area contributed by atoms with Crippen molar-refractivity contribution in [3.63, 3.8) is 0 Å². The van der Waals surface area contributed by atoms with Gasteiger partial charge in [-0.2, -0.15) is 4.98 Å². The molecule has 0 bridgehead atoms. The molecule has 4 atom stereocenters. The number of aromatic nitrogens is 2. The molecule has 1 saturated heterocycles. The molecule has 1 fully saturated rings. The topological polar surface area (TPSA) is 101 Å². The van der Waals surface area contributed by atoms with E-state index in [2.05, 4.69) is 4.98 Å². The summed E-state index contributed by atoms with van der Waals surface area (Å²) in [5.41, 5.74) is 4.41. The van der Waals surface area contributed by atoms with Crippen LogP contribution in [0, 0.1) is 5.82 Å². The molecule has 0 aliphatic carbocycles. The average molecular weight is 261 g/mol. The molecule has 2 heterocycles. The fourth-order valence-electron chi connectivity index (χ4n) is 1.70. The van der Waals surface area contributed by atoms with Crippen LogP contribution in [0.4, 0.5) is 10.2 Å². The summed E-state index contributed by atoms with van der Waals surface area (Å²) < 4.78 is 14.2. The Bertz CT molecular complexity index is 495. The normalized spacial score (nSPS) is 32.9. The molecule has 8 heteroatoms. The Balaban J connectivity index is 2.42. The quantitative estimate of drug-likeness (QED) is 0.619. The third kappa shape index (κ3) is 2.03. The van der Waals surface area contributed by atoms with E-state index in [1.165, 1.54) is 11.8 Å². The van der Waals surface area contributed by atoms with E-state index in [0.29, 0.717) is 0 Å². The van der Waals surface area contributed by atoms with Gasteiger partial charge in [-0.1, -0.05) is 6.92 Å². The average Bonchev–Trinajstić information content (AvgIpc) is 2.51. The van der Waals surface area contributed by atoms with Crippen molar-refractivity contribution < 1.29 is 14.6 Å². The first kappa shape index (κ1) is 12.3. The van der Waals surface area contributed by atoms with Gasteiger partial charge in [-0.25, -0.2) is 9.18 Å². The Kier molecular flexibility index (Phi) is 3.11. The number of nitrogen functional groups attached to an aromatic ring is 1. The first-order valence-electron chi connectivity index (χ1n) is 4.97. The number of thioether (sulfide) groups is 1. The number of nitrogens with two attached hydrogens (primary N) is 1. The number of hydrogen-bond donors (Lipinski definition) is 3. The SMILES string of the molecule is C[C@@H]1S[C@H](n2cc(F)c(N)nc2=O)[C@H](O)[C@@H]1O. The van der Waals surface area contributed by atoms with Crippen LogP contribution in [-0.4, -0.2) is 37.2 Å². The summed E-state index contributed by atoms with van der Waals surface area (Å²) in [5, 5.41) is 18.3. The van der Waals surface area contributed by atoms with Crippen molar-refractivity contribution in [1.29, 1.82) is 0 Å². The van der Waals surface area contributed by atoms with Gasteiger partial charge in [0.15, 0.2) is 11.6 Å². The van der Waals surface area contributed by atoms with Gasteiger partial charge in [-0.15, -0.1) is 11.8 Å². The molecule has 2 rings (SSSR count). The van der Waals surface area contributed by atoms with Crippen LogP contribution in [0.5, 0.6) is 0 Å². The van der Waals surface area contributed by atoms with Gasteiger partial charge in [0, 0.05) is 11.4 Å². The molecule has 17 heavy (non-hydrogen) atoms. The van der Waals surface area contributed by atoms with Gasteiger partial charge >= 0.3 is 5.69 Å². The van der Waals surface area contributed by atoms with Crippen LogP contribution in [0.25, 0.3) is 0 Å². The summed E-state index contributed by atoms with van der Waals surface area (Å²) in [5.74, 6) is -1.30. The Morgan fingerprint density at radius 3 is 2.71 bits per heavy atom. The predicted molar refractivity (Wildman–Crippen MR) is 61.0 cm³/mol. The van der Waals surface area contributed by atoms with Gasteiger partial charge in [0.2, 0.25) is 0 Å². The highest BCUT2D eigenvalue weighted by Gasteiger charge is 2.41. The van der Waals surface area contributed by atoms with E-state index >= 15 is 0 Å². The van der Waals surface area contributed by atoms with Crippen molar-refractivity contribution in [3.05, 3.63) is 22.5 Å². The Morgan fingerprint density at radius 1 is 1.53 bits per heavy atom. The van der Waals surface area contributed by atoms with Gasteiger partial charge in [0.1, 0.15) is 11.5 Å². The van der Waals surface area contributed by atoms with E-state index in [9.17, 15) is 19.4 Å². The highest BCUT2D eigenvalue weighted by molar-refractivity contribution is 8.00. The number of nitrogens with zero attached hydrogens (tertiary/aromatic N) is 2. The molecule has 0 aromatic carbocycles. The lowest BCUT2D eigenvalue weighted by Crippen LogP contribution is -2.35. The number of aliphatic hydroxyl groups excluding tert-OH is 2. The van der Waals surface area contributed by atoms with Gasteiger partial charge in [-0.05, 0) is 0 Å². The molecule has 94 valence electrons. The summed E-state index contributed by atoms with van der Waals surface area (Å²) in [6.07, 6.45) is -1.20. The van der Waals surface area contributed by atoms with Crippen LogP contribution >= 0.6 is 11.8 Å². The highest BCUT2D eigenvalue weighted by Crippen LogP contribution is 2.40. The summed E-state index contributed by atoms with van der Waals surface area (Å²) in [4.78, 5) is 14.8. The maximum absolute atomic E-state index is 13.2. The molecular weight excluding hydrogens is 249 g/mol. The lowest BCUT2D eigenvalue weighted by molar-refractivity contribution is 0.0192. The van der Waals surface area contributed by atoms with Crippen LogP contribution in [0.2, 0.25) is 0 Å². The van der Waals surface area contributed by atoms with E-state index in [-0.39, 0.29) is 5.25 Å². The van der Waals surface area contributed by atoms with Gasteiger partial charge in [0.25, 0.3) is 0 Å². The van der Waals surface area contributed by atoms with Crippen LogP contribution in [0.1, 0.15) is 12.3 Å². The fraction of sp³-hybridized carbons (Fsp3) is 0.556. The first-order chi connectivity index (χ1) is 7.91.